The maximum Gasteiger partial charge on any atom is 0.209 e. The van der Waals surface area contributed by atoms with Crippen molar-refractivity contribution in [3.05, 3.63) is 0 Å². The van der Waals surface area contributed by atoms with Crippen LogP contribution < -0.4 is 5.73 Å². The summed E-state index contributed by atoms with van der Waals surface area (Å²) in [6.45, 7) is 3.56. The van der Waals surface area contributed by atoms with Gasteiger partial charge in [0, 0.05) is 18.6 Å². The molecule has 1 atom stereocenters. The molecule has 10 heavy (non-hydrogen) atoms. The van der Waals surface area contributed by atoms with Gasteiger partial charge in [-0.25, -0.2) is 0 Å². The second-order valence-corrected chi connectivity index (χ2v) is 3.33. The number of carbonyl (C=O) groups is 1. The van der Waals surface area contributed by atoms with Crippen LogP contribution in [-0.2, 0) is 4.79 Å². The van der Waals surface area contributed by atoms with Crippen LogP contribution in [0.5, 0.6) is 0 Å². The van der Waals surface area contributed by atoms with E-state index in [2.05, 4.69) is 0 Å². The zero-order valence-corrected chi connectivity index (χ0v) is 6.34. The van der Waals surface area contributed by atoms with Crippen LogP contribution in [0.15, 0.2) is 0 Å². The highest BCUT2D eigenvalue weighted by Crippen LogP contribution is 2.15. The molecule has 0 radical (unpaired) electrons. The molecule has 1 aliphatic heterocycles. The fourth-order valence-electron chi connectivity index (χ4n) is 1.40. The predicted molar refractivity (Wildman–Crippen MR) is 39.5 cm³/mol. The van der Waals surface area contributed by atoms with Crippen LogP contribution in [-0.4, -0.2) is 29.9 Å². The molecule has 0 bridgehead atoms. The summed E-state index contributed by atoms with van der Waals surface area (Å²) < 4.78 is 0. The highest BCUT2D eigenvalue weighted by atomic mass is 16.1. The molecule has 1 amide bonds. The van der Waals surface area contributed by atoms with Crippen molar-refractivity contribution in [1.29, 1.82) is 0 Å². The zero-order valence-electron chi connectivity index (χ0n) is 6.34. The Balaban J connectivity index is 2.47. The van der Waals surface area contributed by atoms with Crippen LogP contribution in [0.25, 0.3) is 0 Å². The summed E-state index contributed by atoms with van der Waals surface area (Å²) in [5, 5.41) is 0. The first-order valence-electron chi connectivity index (χ1n) is 3.62. The van der Waals surface area contributed by atoms with Crippen molar-refractivity contribution in [1.82, 2.24) is 4.90 Å². The van der Waals surface area contributed by atoms with Crippen molar-refractivity contribution in [2.24, 2.45) is 5.73 Å². The highest BCUT2D eigenvalue weighted by molar-refractivity contribution is 5.47. The molecule has 1 fully saturated rings. The molecule has 0 aromatic heterocycles. The lowest BCUT2D eigenvalue weighted by Gasteiger charge is -2.35. The first-order valence-corrected chi connectivity index (χ1v) is 3.62. The molecule has 1 heterocycles. The molecule has 0 spiro atoms. The number of nitrogens with two attached hydrogens (primary N) is 1. The summed E-state index contributed by atoms with van der Waals surface area (Å²) >= 11 is 0. The fourth-order valence-corrected chi connectivity index (χ4v) is 1.40. The molecule has 3 heteroatoms. The third-order valence-electron chi connectivity index (χ3n) is 1.91. The number of rotatable bonds is 1. The third kappa shape index (κ3) is 1.70. The Labute approximate surface area is 61.2 Å². The zero-order chi connectivity index (χ0) is 7.61. The van der Waals surface area contributed by atoms with E-state index in [0.717, 1.165) is 25.8 Å². The monoisotopic (exact) mass is 142 g/mol. The second kappa shape index (κ2) is 2.58. The van der Waals surface area contributed by atoms with Crippen LogP contribution in [0, 0.1) is 0 Å². The van der Waals surface area contributed by atoms with E-state index in [0.29, 0.717) is 6.54 Å². The van der Waals surface area contributed by atoms with Gasteiger partial charge in [0.05, 0.1) is 0 Å². The largest absolute Gasteiger partial charge is 0.343 e. The first-order chi connectivity index (χ1) is 4.64. The normalized spacial score (nSPS) is 34.0. The van der Waals surface area contributed by atoms with Crippen molar-refractivity contribution in [2.75, 3.05) is 13.1 Å². The predicted octanol–water partition coefficient (Wildman–Crippen LogP) is -0.0440. The summed E-state index contributed by atoms with van der Waals surface area (Å²) in [4.78, 5) is 12.1. The molecule has 1 saturated heterocycles. The summed E-state index contributed by atoms with van der Waals surface area (Å²) in [5.41, 5.74) is 5.69. The van der Waals surface area contributed by atoms with Crippen molar-refractivity contribution in [2.45, 2.75) is 25.3 Å². The third-order valence-corrected chi connectivity index (χ3v) is 1.91. The Morgan fingerprint density at radius 3 is 2.80 bits per heavy atom. The molecule has 1 aliphatic rings. The minimum Gasteiger partial charge on any atom is -0.343 e. The van der Waals surface area contributed by atoms with E-state index in [-0.39, 0.29) is 5.54 Å². The summed E-state index contributed by atoms with van der Waals surface area (Å²) in [5.74, 6) is 0. The average Bonchev–Trinajstić information content (AvgIpc) is 1.86. The SMILES string of the molecule is CC1(N)CCCN(C=O)C1. The van der Waals surface area contributed by atoms with Gasteiger partial charge in [0.1, 0.15) is 0 Å². The number of hydrogen-bond acceptors (Lipinski definition) is 2. The lowest BCUT2D eigenvalue weighted by Crippen LogP contribution is -2.51. The van der Waals surface area contributed by atoms with Gasteiger partial charge in [0.2, 0.25) is 6.41 Å². The van der Waals surface area contributed by atoms with Crippen molar-refractivity contribution in [3.8, 4) is 0 Å². The number of amides is 1. The van der Waals surface area contributed by atoms with E-state index in [9.17, 15) is 4.79 Å². The van der Waals surface area contributed by atoms with Gasteiger partial charge in [-0.1, -0.05) is 0 Å². The molecule has 0 aromatic rings. The van der Waals surface area contributed by atoms with Gasteiger partial charge in [0.25, 0.3) is 0 Å². The van der Waals surface area contributed by atoms with Crippen molar-refractivity contribution in [3.63, 3.8) is 0 Å². The van der Waals surface area contributed by atoms with E-state index in [1.807, 2.05) is 6.92 Å². The van der Waals surface area contributed by atoms with Crippen LogP contribution in [0.1, 0.15) is 19.8 Å². The van der Waals surface area contributed by atoms with Crippen LogP contribution in [0.2, 0.25) is 0 Å². The van der Waals surface area contributed by atoms with E-state index >= 15 is 0 Å². The van der Waals surface area contributed by atoms with Gasteiger partial charge in [-0.3, -0.25) is 4.79 Å². The standard InChI is InChI=1S/C7H14N2O/c1-7(8)3-2-4-9(5-7)6-10/h6H,2-5,8H2,1H3. The number of nitrogens with zero attached hydrogens (tertiary/aromatic N) is 1. The van der Waals surface area contributed by atoms with Crippen LogP contribution >= 0.6 is 0 Å². The Morgan fingerprint density at radius 1 is 1.70 bits per heavy atom. The number of likely N-dealkylation sites (tertiary alicyclic amines) is 1. The molecule has 0 saturated carbocycles. The molecule has 0 aromatic carbocycles. The second-order valence-electron chi connectivity index (χ2n) is 3.33. The first kappa shape index (κ1) is 7.54. The highest BCUT2D eigenvalue weighted by Gasteiger charge is 2.25. The molecule has 0 aliphatic carbocycles. The summed E-state index contributed by atoms with van der Waals surface area (Å²) in [6.07, 6.45) is 2.94. The maximum atomic E-state index is 10.3. The quantitative estimate of drug-likeness (QED) is 0.522. The van der Waals surface area contributed by atoms with E-state index in [1.165, 1.54) is 0 Å². The van der Waals surface area contributed by atoms with Crippen molar-refractivity contribution < 1.29 is 4.79 Å². The van der Waals surface area contributed by atoms with Crippen LogP contribution in [0.3, 0.4) is 0 Å². The average molecular weight is 142 g/mol. The minimum absolute atomic E-state index is 0.154. The Kier molecular flexibility index (Phi) is 1.94. The van der Waals surface area contributed by atoms with Gasteiger partial charge in [-0.2, -0.15) is 0 Å². The van der Waals surface area contributed by atoms with Crippen molar-refractivity contribution >= 4 is 6.41 Å². The van der Waals surface area contributed by atoms with E-state index in [1.54, 1.807) is 4.90 Å². The number of carbonyl (C=O) groups excluding carboxylic acids is 1. The lowest BCUT2D eigenvalue weighted by molar-refractivity contribution is -0.119. The maximum absolute atomic E-state index is 10.3. The number of piperidine rings is 1. The van der Waals surface area contributed by atoms with Gasteiger partial charge in [0.15, 0.2) is 0 Å². The smallest absolute Gasteiger partial charge is 0.209 e. The summed E-state index contributed by atoms with van der Waals surface area (Å²) in [6, 6.07) is 0. The Hall–Kier alpha value is -0.570. The van der Waals surface area contributed by atoms with Gasteiger partial charge in [-0.15, -0.1) is 0 Å². The van der Waals surface area contributed by atoms with Gasteiger partial charge in [-0.05, 0) is 19.8 Å². The summed E-state index contributed by atoms with van der Waals surface area (Å²) in [7, 11) is 0. The molecule has 58 valence electrons. The van der Waals surface area contributed by atoms with E-state index in [4.69, 9.17) is 5.73 Å². The minimum atomic E-state index is -0.154. The Morgan fingerprint density at radius 2 is 2.40 bits per heavy atom. The van der Waals surface area contributed by atoms with Crippen LogP contribution in [0.4, 0.5) is 0 Å². The molecule has 2 N–H and O–H groups in total. The van der Waals surface area contributed by atoms with E-state index < -0.39 is 0 Å². The topological polar surface area (TPSA) is 46.3 Å². The molecule has 1 unspecified atom stereocenters. The van der Waals surface area contributed by atoms with Gasteiger partial charge >= 0.3 is 0 Å². The molecular formula is C7H14N2O. The van der Waals surface area contributed by atoms with Gasteiger partial charge < -0.3 is 10.6 Å². The number of hydrogen-bond donors (Lipinski definition) is 1. The molecular weight excluding hydrogens is 128 g/mol. The Bertz CT molecular complexity index is 134. The lowest BCUT2D eigenvalue weighted by atomic mass is 9.93. The molecule has 3 nitrogen and oxygen atoms in total. The molecule has 1 rings (SSSR count). The fraction of sp³-hybridized carbons (Fsp3) is 0.857.